The quantitative estimate of drug-likeness (QED) is 0.506. The molecule has 0 atom stereocenters. The fourth-order valence-electron chi connectivity index (χ4n) is 2.50. The Bertz CT molecular complexity index is 1120. The van der Waals surface area contributed by atoms with Crippen LogP contribution in [-0.2, 0) is 20.6 Å². The number of fused-ring (bicyclic) bond motifs is 1. The number of pyridine rings is 1. The molecule has 3 aromatic rings. The van der Waals surface area contributed by atoms with E-state index in [-0.39, 0.29) is 18.1 Å². The summed E-state index contributed by atoms with van der Waals surface area (Å²) in [4.78, 5) is 44.7. The fourth-order valence-corrected chi connectivity index (χ4v) is 2.50. The van der Waals surface area contributed by atoms with Crippen LogP contribution in [0.3, 0.4) is 0 Å². The van der Waals surface area contributed by atoms with E-state index in [1.54, 1.807) is 30.7 Å². The van der Waals surface area contributed by atoms with Crippen molar-refractivity contribution in [3.05, 3.63) is 57.3 Å². The van der Waals surface area contributed by atoms with Gasteiger partial charge in [0.2, 0.25) is 0 Å². The van der Waals surface area contributed by atoms with Gasteiger partial charge in [0, 0.05) is 32.1 Å². The maximum absolute atomic E-state index is 12.4. The molecular weight excluding hydrogens is 338 g/mol. The summed E-state index contributed by atoms with van der Waals surface area (Å²) in [6.45, 7) is 1.75. The van der Waals surface area contributed by atoms with Crippen LogP contribution < -0.4 is 16.7 Å². The van der Waals surface area contributed by atoms with Gasteiger partial charge in [0.1, 0.15) is 0 Å². The second kappa shape index (κ2) is 6.75. The number of aryl methyl sites for hydroxylation is 1. The summed E-state index contributed by atoms with van der Waals surface area (Å²) >= 11 is 0. The molecule has 0 saturated heterocycles. The number of rotatable bonds is 4. The van der Waals surface area contributed by atoms with Crippen molar-refractivity contribution in [1.29, 1.82) is 0 Å². The molecule has 1 amide bonds. The van der Waals surface area contributed by atoms with Gasteiger partial charge in [-0.3, -0.25) is 23.7 Å². The van der Waals surface area contributed by atoms with E-state index in [1.165, 1.54) is 30.3 Å². The fraction of sp³-hybridized carbons (Fsp3) is 0.250. The Labute approximate surface area is 147 Å². The first-order chi connectivity index (χ1) is 12.4. The zero-order valence-corrected chi connectivity index (χ0v) is 14.5. The third-order valence-corrected chi connectivity index (χ3v) is 3.88. The highest BCUT2D eigenvalue weighted by Gasteiger charge is 2.15. The molecule has 10 heteroatoms. The highest BCUT2D eigenvalue weighted by molar-refractivity contribution is 5.95. The number of carbonyl (C=O) groups is 1. The van der Waals surface area contributed by atoms with Gasteiger partial charge in [0.05, 0.1) is 18.6 Å². The van der Waals surface area contributed by atoms with Crippen LogP contribution in [-0.4, -0.2) is 35.3 Å². The van der Waals surface area contributed by atoms with Crippen molar-refractivity contribution in [3.8, 4) is 0 Å². The van der Waals surface area contributed by atoms with Crippen LogP contribution in [0.2, 0.25) is 0 Å². The molecule has 0 spiro atoms. The lowest BCUT2D eigenvalue weighted by Crippen LogP contribution is -2.39. The molecule has 0 aromatic carbocycles. The SMILES string of the molecule is C/C(Cn1c(=O)n(C)c(=O)c2c1ncn2C)=N\NC(=O)c1ccncc1. The maximum Gasteiger partial charge on any atom is 0.332 e. The summed E-state index contributed by atoms with van der Waals surface area (Å²) in [6, 6.07) is 3.13. The number of imidazole rings is 1. The minimum Gasteiger partial charge on any atom is -0.328 e. The van der Waals surface area contributed by atoms with Gasteiger partial charge in [-0.05, 0) is 19.1 Å². The van der Waals surface area contributed by atoms with E-state index in [9.17, 15) is 14.4 Å². The summed E-state index contributed by atoms with van der Waals surface area (Å²) < 4.78 is 3.92. The summed E-state index contributed by atoms with van der Waals surface area (Å²) in [6.07, 6.45) is 4.49. The number of hydrogen-bond acceptors (Lipinski definition) is 6. The average molecular weight is 355 g/mol. The Morgan fingerprint density at radius 2 is 1.92 bits per heavy atom. The molecule has 3 aromatic heterocycles. The second-order valence-electron chi connectivity index (χ2n) is 5.78. The summed E-state index contributed by atoms with van der Waals surface area (Å²) in [5.41, 5.74) is 3.00. The Hall–Kier alpha value is -3.56. The molecular formula is C16H17N7O3. The zero-order valence-electron chi connectivity index (χ0n) is 14.5. The molecule has 0 aliphatic carbocycles. The molecule has 0 unspecified atom stereocenters. The smallest absolute Gasteiger partial charge is 0.328 e. The lowest BCUT2D eigenvalue weighted by molar-refractivity contribution is 0.0954. The highest BCUT2D eigenvalue weighted by atomic mass is 16.2. The van der Waals surface area contributed by atoms with Gasteiger partial charge < -0.3 is 4.57 Å². The van der Waals surface area contributed by atoms with Crippen LogP contribution in [0.1, 0.15) is 17.3 Å². The van der Waals surface area contributed by atoms with Gasteiger partial charge in [-0.25, -0.2) is 15.2 Å². The molecule has 0 fully saturated rings. The molecule has 3 rings (SSSR count). The highest BCUT2D eigenvalue weighted by Crippen LogP contribution is 2.04. The van der Waals surface area contributed by atoms with Gasteiger partial charge in [0.15, 0.2) is 11.2 Å². The topological polar surface area (TPSA) is 116 Å². The predicted molar refractivity (Wildman–Crippen MR) is 95.0 cm³/mol. The van der Waals surface area contributed by atoms with Crippen molar-refractivity contribution in [2.75, 3.05) is 0 Å². The van der Waals surface area contributed by atoms with Crippen molar-refractivity contribution >= 4 is 22.8 Å². The van der Waals surface area contributed by atoms with Gasteiger partial charge in [-0.1, -0.05) is 0 Å². The first-order valence-corrected chi connectivity index (χ1v) is 7.74. The van der Waals surface area contributed by atoms with Gasteiger partial charge in [0.25, 0.3) is 11.5 Å². The van der Waals surface area contributed by atoms with E-state index in [2.05, 4.69) is 20.5 Å². The molecule has 0 radical (unpaired) electrons. The van der Waals surface area contributed by atoms with Crippen LogP contribution >= 0.6 is 0 Å². The normalized spacial score (nSPS) is 11.7. The molecule has 0 saturated carbocycles. The van der Waals surface area contributed by atoms with E-state index in [1.807, 2.05) is 0 Å². The minimum absolute atomic E-state index is 0.0804. The summed E-state index contributed by atoms with van der Waals surface area (Å²) in [7, 11) is 3.09. The third kappa shape index (κ3) is 3.04. The van der Waals surface area contributed by atoms with Crippen LogP contribution in [0.25, 0.3) is 11.2 Å². The van der Waals surface area contributed by atoms with E-state index in [0.717, 1.165) is 4.57 Å². The van der Waals surface area contributed by atoms with Crippen LogP contribution in [0.5, 0.6) is 0 Å². The molecule has 134 valence electrons. The average Bonchev–Trinajstić information content (AvgIpc) is 3.03. The monoisotopic (exact) mass is 355 g/mol. The first-order valence-electron chi connectivity index (χ1n) is 7.74. The van der Waals surface area contributed by atoms with Gasteiger partial charge >= 0.3 is 5.69 Å². The van der Waals surface area contributed by atoms with Crippen LogP contribution in [0, 0.1) is 0 Å². The molecule has 0 aliphatic heterocycles. The number of aromatic nitrogens is 5. The third-order valence-electron chi connectivity index (χ3n) is 3.88. The molecule has 26 heavy (non-hydrogen) atoms. The Morgan fingerprint density at radius 3 is 2.62 bits per heavy atom. The number of nitrogens with one attached hydrogen (secondary N) is 1. The van der Waals surface area contributed by atoms with Crippen molar-refractivity contribution < 1.29 is 4.79 Å². The Morgan fingerprint density at radius 1 is 1.23 bits per heavy atom. The van der Waals surface area contributed by atoms with Crippen molar-refractivity contribution in [3.63, 3.8) is 0 Å². The number of hydrazone groups is 1. The molecule has 0 bridgehead atoms. The number of nitrogens with zero attached hydrogens (tertiary/aromatic N) is 6. The van der Waals surface area contributed by atoms with E-state index in [0.29, 0.717) is 16.8 Å². The number of amides is 1. The van der Waals surface area contributed by atoms with Crippen molar-refractivity contribution in [1.82, 2.24) is 29.1 Å². The molecule has 0 aliphatic rings. The van der Waals surface area contributed by atoms with Crippen LogP contribution in [0.15, 0.2) is 45.5 Å². The largest absolute Gasteiger partial charge is 0.332 e. The van der Waals surface area contributed by atoms with Gasteiger partial charge in [-0.15, -0.1) is 0 Å². The summed E-state index contributed by atoms with van der Waals surface area (Å²) in [5.74, 6) is -0.387. The standard InChI is InChI=1S/C16H17N7O3/c1-10(19-20-14(24)11-4-6-17-7-5-11)8-23-13-12(21(2)9-18-13)15(25)22(3)16(23)26/h4-7,9H,8H2,1-3H3,(H,20,24)/b19-10+. The minimum atomic E-state index is -0.504. The van der Waals surface area contributed by atoms with E-state index in [4.69, 9.17) is 0 Å². The lowest BCUT2D eigenvalue weighted by Gasteiger charge is -2.09. The predicted octanol–water partition coefficient (Wildman–Crippen LogP) is -0.365. The maximum atomic E-state index is 12.4. The Kier molecular flexibility index (Phi) is 4.48. The molecule has 10 nitrogen and oxygen atoms in total. The van der Waals surface area contributed by atoms with E-state index >= 15 is 0 Å². The van der Waals surface area contributed by atoms with E-state index < -0.39 is 11.2 Å². The summed E-state index contributed by atoms with van der Waals surface area (Å²) in [5, 5.41) is 4.02. The van der Waals surface area contributed by atoms with Crippen molar-refractivity contribution in [2.24, 2.45) is 19.2 Å². The lowest BCUT2D eigenvalue weighted by atomic mass is 10.3. The second-order valence-corrected chi connectivity index (χ2v) is 5.78. The Balaban J connectivity index is 1.90. The van der Waals surface area contributed by atoms with Gasteiger partial charge in [-0.2, -0.15) is 5.10 Å². The van der Waals surface area contributed by atoms with Crippen molar-refractivity contribution in [2.45, 2.75) is 13.5 Å². The number of carbonyl (C=O) groups excluding carboxylic acids is 1. The molecule has 1 N–H and O–H groups in total. The first kappa shape index (κ1) is 17.3. The van der Waals surface area contributed by atoms with Crippen LogP contribution in [0.4, 0.5) is 0 Å². The zero-order chi connectivity index (χ0) is 18.8. The number of hydrogen-bond donors (Lipinski definition) is 1. The molecule has 3 heterocycles.